The van der Waals surface area contributed by atoms with Gasteiger partial charge in [-0.25, -0.2) is 4.39 Å². The van der Waals surface area contributed by atoms with Gasteiger partial charge < -0.3 is 20.4 Å². The third-order valence-electron chi connectivity index (χ3n) is 5.77. The van der Waals surface area contributed by atoms with Gasteiger partial charge in [0.25, 0.3) is 0 Å². The number of fused-ring (bicyclic) bond motifs is 1. The number of halogens is 1. The summed E-state index contributed by atoms with van der Waals surface area (Å²) >= 11 is 0. The van der Waals surface area contributed by atoms with Crippen LogP contribution < -0.4 is 10.6 Å². The molecule has 31 heavy (non-hydrogen) atoms. The van der Waals surface area contributed by atoms with Gasteiger partial charge in [0.1, 0.15) is 11.9 Å². The molecular weight excluding hydrogens is 399 g/mol. The molecule has 2 N–H and O–H groups in total. The van der Waals surface area contributed by atoms with E-state index in [1.165, 1.54) is 12.1 Å². The number of nitrogens with one attached hydrogen (secondary N) is 2. The van der Waals surface area contributed by atoms with Gasteiger partial charge in [-0.3, -0.25) is 14.4 Å². The zero-order valence-corrected chi connectivity index (χ0v) is 18.1. The van der Waals surface area contributed by atoms with Crippen LogP contribution in [0.15, 0.2) is 24.3 Å². The first-order valence-electron chi connectivity index (χ1n) is 10.5. The molecule has 2 aliphatic rings. The lowest BCUT2D eigenvalue weighted by molar-refractivity contribution is -0.143. The fourth-order valence-corrected chi connectivity index (χ4v) is 4.26. The molecule has 0 aliphatic carbocycles. The highest BCUT2D eigenvalue weighted by molar-refractivity contribution is 5.90. The monoisotopic (exact) mass is 434 g/mol. The Balaban J connectivity index is 0.00000249. The van der Waals surface area contributed by atoms with Crippen LogP contribution in [0.3, 0.4) is 0 Å². The molecule has 1 aromatic rings. The first-order chi connectivity index (χ1) is 14.9. The van der Waals surface area contributed by atoms with Gasteiger partial charge in [-0.05, 0) is 50.9 Å². The molecule has 0 aromatic heterocycles. The number of benzene rings is 1. The van der Waals surface area contributed by atoms with Crippen LogP contribution in [-0.4, -0.2) is 72.3 Å². The van der Waals surface area contributed by atoms with Gasteiger partial charge in [0.2, 0.25) is 17.7 Å². The minimum absolute atomic E-state index is 0. The number of amides is 3. The van der Waals surface area contributed by atoms with Crippen molar-refractivity contribution < 1.29 is 21.6 Å². The van der Waals surface area contributed by atoms with E-state index in [4.69, 9.17) is 0 Å². The van der Waals surface area contributed by atoms with Crippen LogP contribution in [0, 0.1) is 18.7 Å². The molecule has 0 radical (unpaired) electrons. The number of terminal acetylenes is 1. The lowest BCUT2D eigenvalue weighted by atomic mass is 10.1. The van der Waals surface area contributed by atoms with Crippen molar-refractivity contribution in [1.82, 2.24) is 20.4 Å². The fraction of sp³-hybridized carbons (Fsp3) is 0.522. The van der Waals surface area contributed by atoms with Gasteiger partial charge in [-0.2, -0.15) is 0 Å². The Hall–Kier alpha value is -2.92. The zero-order chi connectivity index (χ0) is 23.0. The number of likely N-dealkylation sites (N-methyl/N-ethyl adjacent to an activating group) is 1. The Bertz CT molecular complexity index is 807. The van der Waals surface area contributed by atoms with Crippen molar-refractivity contribution in [2.75, 3.05) is 26.7 Å². The Morgan fingerprint density at radius 3 is 2.52 bits per heavy atom. The maximum Gasteiger partial charge on any atom is 0.247 e. The van der Waals surface area contributed by atoms with Gasteiger partial charge in [-0.15, -0.1) is 12.8 Å². The summed E-state index contributed by atoms with van der Waals surface area (Å²) in [7, 11) is 1.66. The molecule has 0 spiro atoms. The normalized spacial score (nSPS) is 23.1. The summed E-state index contributed by atoms with van der Waals surface area (Å²) in [6.07, 6.45) is 10.7. The molecule has 7 nitrogen and oxygen atoms in total. The first kappa shape index (κ1) is 24.4. The molecule has 0 bridgehead atoms. The van der Waals surface area contributed by atoms with E-state index in [1.54, 1.807) is 24.1 Å². The summed E-state index contributed by atoms with van der Waals surface area (Å²) in [5.74, 6) is -0.873. The molecule has 0 unspecified atom stereocenters. The van der Waals surface area contributed by atoms with Crippen molar-refractivity contribution in [2.24, 2.45) is 0 Å². The van der Waals surface area contributed by atoms with E-state index in [0.29, 0.717) is 6.54 Å². The van der Waals surface area contributed by atoms with Crippen molar-refractivity contribution in [3.63, 3.8) is 0 Å². The summed E-state index contributed by atoms with van der Waals surface area (Å²) in [6, 6.07) is 5.30. The standard InChI is InChI=1S/C21H29FN4O3.C2H2.2H2/c1-14-3-8-17-9-10-25(20(28)11-15-4-6-16(22)7-5-15)13-18(21(29)26(14)17)24-19(27)12-23-2;1-2;;/h4-7,14,17-18,23H,3,8-13H2,1-2H3,(H,24,27);1-2H;2*1H/t14-,17-,18+;;;/m1.../s1. The number of rotatable bonds is 5. The molecule has 172 valence electrons. The lowest BCUT2D eigenvalue weighted by Gasteiger charge is -2.38. The van der Waals surface area contributed by atoms with Crippen molar-refractivity contribution in [3.05, 3.63) is 35.6 Å². The van der Waals surface area contributed by atoms with Gasteiger partial charge >= 0.3 is 0 Å². The molecule has 2 heterocycles. The number of carbonyl (C=O) groups is 3. The van der Waals surface area contributed by atoms with E-state index in [2.05, 4.69) is 23.5 Å². The Morgan fingerprint density at radius 2 is 1.87 bits per heavy atom. The van der Waals surface area contributed by atoms with Crippen LogP contribution in [0.4, 0.5) is 4.39 Å². The van der Waals surface area contributed by atoms with Crippen LogP contribution in [0.1, 0.15) is 34.6 Å². The molecule has 2 saturated heterocycles. The van der Waals surface area contributed by atoms with E-state index in [9.17, 15) is 18.8 Å². The average Bonchev–Trinajstić information content (AvgIpc) is 3.11. The lowest BCUT2D eigenvalue weighted by Crippen LogP contribution is -2.60. The molecule has 3 amide bonds. The second-order valence-corrected chi connectivity index (χ2v) is 7.91. The summed E-state index contributed by atoms with van der Waals surface area (Å²) in [5.41, 5.74) is 0.719. The third kappa shape index (κ3) is 6.28. The SMILES string of the molecule is C#C.CNCC(=O)N[C@H]1CN(C(=O)Cc2ccc(F)cc2)CC[C@H]2CC[C@@H](C)N2C1=O.[HH].[HH]. The molecule has 3 rings (SSSR count). The number of nitrogens with zero attached hydrogens (tertiary/aromatic N) is 2. The Kier molecular flexibility index (Phi) is 9.01. The Morgan fingerprint density at radius 1 is 1.19 bits per heavy atom. The van der Waals surface area contributed by atoms with Crippen molar-refractivity contribution in [2.45, 2.75) is 50.7 Å². The first-order valence-corrected chi connectivity index (χ1v) is 10.5. The van der Waals surface area contributed by atoms with Gasteiger partial charge in [0, 0.05) is 28.0 Å². The van der Waals surface area contributed by atoms with Crippen molar-refractivity contribution >= 4 is 17.7 Å². The Labute approximate surface area is 186 Å². The van der Waals surface area contributed by atoms with Crippen molar-refractivity contribution in [3.8, 4) is 12.8 Å². The molecule has 0 saturated carbocycles. The molecule has 1 aromatic carbocycles. The molecule has 8 heteroatoms. The second-order valence-electron chi connectivity index (χ2n) is 7.91. The summed E-state index contributed by atoms with van der Waals surface area (Å²) in [6.45, 7) is 2.81. The predicted octanol–water partition coefficient (Wildman–Crippen LogP) is 1.43. The highest BCUT2D eigenvalue weighted by Gasteiger charge is 2.41. The maximum absolute atomic E-state index is 13.2. The highest BCUT2D eigenvalue weighted by atomic mass is 19.1. The fourth-order valence-electron chi connectivity index (χ4n) is 4.26. The highest BCUT2D eigenvalue weighted by Crippen LogP contribution is 2.28. The summed E-state index contributed by atoms with van der Waals surface area (Å²) in [4.78, 5) is 41.8. The second kappa shape index (κ2) is 11.5. The maximum atomic E-state index is 13.2. The van der Waals surface area contributed by atoms with Crippen LogP contribution in [0.2, 0.25) is 0 Å². The topological polar surface area (TPSA) is 81.8 Å². The summed E-state index contributed by atoms with van der Waals surface area (Å²) in [5, 5.41) is 5.57. The predicted molar refractivity (Wildman–Crippen MR) is 121 cm³/mol. The molecular formula is C23H35FN4O3. The minimum Gasteiger partial charge on any atom is -0.342 e. The smallest absolute Gasteiger partial charge is 0.247 e. The van der Waals surface area contributed by atoms with E-state index < -0.39 is 6.04 Å². The van der Waals surface area contributed by atoms with Crippen LogP contribution >= 0.6 is 0 Å². The zero-order valence-electron chi connectivity index (χ0n) is 18.1. The van der Waals surface area contributed by atoms with E-state index in [0.717, 1.165) is 24.8 Å². The van der Waals surface area contributed by atoms with Crippen LogP contribution in [-0.2, 0) is 20.8 Å². The van der Waals surface area contributed by atoms with Crippen LogP contribution in [0.5, 0.6) is 0 Å². The largest absolute Gasteiger partial charge is 0.342 e. The number of hydrogen-bond acceptors (Lipinski definition) is 4. The van der Waals surface area contributed by atoms with E-state index in [1.807, 2.05) is 11.8 Å². The average molecular weight is 435 g/mol. The quantitative estimate of drug-likeness (QED) is 0.687. The van der Waals surface area contributed by atoms with Gasteiger partial charge in [-0.1, -0.05) is 12.1 Å². The molecule has 2 fully saturated rings. The number of carbonyl (C=O) groups excluding carboxylic acids is 3. The molecule has 2 aliphatic heterocycles. The van der Waals surface area contributed by atoms with Crippen molar-refractivity contribution in [1.29, 1.82) is 0 Å². The molecule has 3 atom stereocenters. The van der Waals surface area contributed by atoms with E-state index in [-0.39, 0.29) is 58.0 Å². The van der Waals surface area contributed by atoms with E-state index >= 15 is 0 Å². The minimum atomic E-state index is -0.767. The van der Waals surface area contributed by atoms with Gasteiger partial charge in [0.05, 0.1) is 13.0 Å². The number of hydrogen-bond donors (Lipinski definition) is 2. The third-order valence-corrected chi connectivity index (χ3v) is 5.77. The van der Waals surface area contributed by atoms with Crippen LogP contribution in [0.25, 0.3) is 0 Å². The summed E-state index contributed by atoms with van der Waals surface area (Å²) < 4.78 is 13.1. The van der Waals surface area contributed by atoms with Gasteiger partial charge in [0.15, 0.2) is 0 Å².